The summed E-state index contributed by atoms with van der Waals surface area (Å²) >= 11 is 0. The molecule has 1 saturated heterocycles. The van der Waals surface area contributed by atoms with Crippen molar-refractivity contribution in [2.45, 2.75) is 52.1 Å². The Labute approximate surface area is 128 Å². The summed E-state index contributed by atoms with van der Waals surface area (Å²) in [6, 6.07) is 7.62. The van der Waals surface area contributed by atoms with Crippen LogP contribution in [0.3, 0.4) is 0 Å². The maximum absolute atomic E-state index is 13.0. The third-order valence-electron chi connectivity index (χ3n) is 4.76. The second-order valence-electron chi connectivity index (χ2n) is 6.41. The number of halogens is 1. The van der Waals surface area contributed by atoms with E-state index >= 15 is 0 Å². The van der Waals surface area contributed by atoms with Crippen molar-refractivity contribution >= 4 is 0 Å². The highest BCUT2D eigenvalue weighted by atomic mass is 19.1. The highest BCUT2D eigenvalue weighted by Gasteiger charge is 2.24. The van der Waals surface area contributed by atoms with Gasteiger partial charge in [0.2, 0.25) is 0 Å². The van der Waals surface area contributed by atoms with Crippen LogP contribution >= 0.6 is 0 Å². The molecule has 1 heterocycles. The van der Waals surface area contributed by atoms with E-state index in [0.29, 0.717) is 6.04 Å². The molecule has 1 N–H and O–H groups in total. The number of rotatable bonds is 6. The zero-order chi connectivity index (χ0) is 15.2. The number of hydrogen-bond acceptors (Lipinski definition) is 2. The standard InChI is InChI=1S/C18H29FN2/c1-4-11-21-12-9-17(10-13-21)15(3)20-14(2)16-5-7-18(19)8-6-16/h5-8,14-15,17,20H,4,9-13H2,1-3H3/t14-,15?/m0/s1. The first-order chi connectivity index (χ1) is 10.1. The summed E-state index contributed by atoms with van der Waals surface area (Å²) < 4.78 is 13.0. The molecular formula is C18H29FN2. The first kappa shape index (κ1) is 16.4. The van der Waals surface area contributed by atoms with Crippen LogP contribution in [-0.4, -0.2) is 30.6 Å². The van der Waals surface area contributed by atoms with E-state index in [-0.39, 0.29) is 11.9 Å². The van der Waals surface area contributed by atoms with Crippen molar-refractivity contribution in [1.82, 2.24) is 10.2 Å². The van der Waals surface area contributed by atoms with Crippen molar-refractivity contribution in [3.63, 3.8) is 0 Å². The molecule has 0 amide bonds. The maximum atomic E-state index is 13.0. The monoisotopic (exact) mass is 292 g/mol. The Balaban J connectivity index is 1.81. The van der Waals surface area contributed by atoms with Crippen LogP contribution in [0.4, 0.5) is 4.39 Å². The predicted octanol–water partition coefficient (Wildman–Crippen LogP) is 3.99. The fourth-order valence-electron chi connectivity index (χ4n) is 3.37. The molecule has 21 heavy (non-hydrogen) atoms. The van der Waals surface area contributed by atoms with E-state index in [2.05, 4.69) is 31.0 Å². The van der Waals surface area contributed by atoms with Crippen LogP contribution in [0.15, 0.2) is 24.3 Å². The third kappa shape index (κ3) is 4.79. The Bertz CT molecular complexity index is 410. The van der Waals surface area contributed by atoms with E-state index in [1.54, 1.807) is 12.1 Å². The van der Waals surface area contributed by atoms with Crippen molar-refractivity contribution in [2.75, 3.05) is 19.6 Å². The van der Waals surface area contributed by atoms with E-state index in [0.717, 1.165) is 11.5 Å². The molecule has 1 aromatic carbocycles. The number of benzene rings is 1. The van der Waals surface area contributed by atoms with E-state index in [1.807, 2.05) is 12.1 Å². The van der Waals surface area contributed by atoms with E-state index < -0.39 is 0 Å². The molecule has 1 aromatic rings. The van der Waals surface area contributed by atoms with Crippen molar-refractivity contribution in [1.29, 1.82) is 0 Å². The van der Waals surface area contributed by atoms with Gasteiger partial charge in [-0.05, 0) is 76.4 Å². The number of nitrogens with zero attached hydrogens (tertiary/aromatic N) is 1. The molecule has 1 aliphatic heterocycles. The molecule has 2 atom stereocenters. The molecular weight excluding hydrogens is 263 g/mol. The molecule has 2 nitrogen and oxygen atoms in total. The molecule has 0 spiro atoms. The van der Waals surface area contributed by atoms with Gasteiger partial charge in [0, 0.05) is 12.1 Å². The fraction of sp³-hybridized carbons (Fsp3) is 0.667. The maximum Gasteiger partial charge on any atom is 0.123 e. The van der Waals surface area contributed by atoms with Crippen molar-refractivity contribution in [3.8, 4) is 0 Å². The Morgan fingerprint density at radius 3 is 2.38 bits per heavy atom. The molecule has 1 unspecified atom stereocenters. The van der Waals surface area contributed by atoms with Crippen LogP contribution in [0.5, 0.6) is 0 Å². The Hall–Kier alpha value is -0.930. The van der Waals surface area contributed by atoms with Gasteiger partial charge in [-0.2, -0.15) is 0 Å². The summed E-state index contributed by atoms with van der Waals surface area (Å²) in [5.41, 5.74) is 1.16. The first-order valence-corrected chi connectivity index (χ1v) is 8.34. The van der Waals surface area contributed by atoms with Crippen molar-refractivity contribution in [2.24, 2.45) is 5.92 Å². The summed E-state index contributed by atoms with van der Waals surface area (Å²) in [6.07, 6.45) is 3.81. The summed E-state index contributed by atoms with van der Waals surface area (Å²) in [7, 11) is 0. The molecule has 0 saturated carbocycles. The lowest BCUT2D eigenvalue weighted by atomic mass is 9.89. The molecule has 2 rings (SSSR count). The zero-order valence-corrected chi connectivity index (χ0v) is 13.6. The highest BCUT2D eigenvalue weighted by molar-refractivity contribution is 5.19. The Kier molecular flexibility index (Phi) is 6.19. The van der Waals surface area contributed by atoms with E-state index in [9.17, 15) is 4.39 Å². The van der Waals surface area contributed by atoms with Gasteiger partial charge in [-0.15, -0.1) is 0 Å². The second-order valence-corrected chi connectivity index (χ2v) is 6.41. The van der Waals surface area contributed by atoms with Crippen LogP contribution in [-0.2, 0) is 0 Å². The quantitative estimate of drug-likeness (QED) is 0.853. The average molecular weight is 292 g/mol. The van der Waals surface area contributed by atoms with E-state index in [4.69, 9.17) is 0 Å². The minimum absolute atomic E-state index is 0.165. The summed E-state index contributed by atoms with van der Waals surface area (Å²) in [5, 5.41) is 3.69. The van der Waals surface area contributed by atoms with Crippen molar-refractivity contribution < 1.29 is 4.39 Å². The summed E-state index contributed by atoms with van der Waals surface area (Å²) in [6.45, 7) is 10.4. The fourth-order valence-corrected chi connectivity index (χ4v) is 3.37. The van der Waals surface area contributed by atoms with Gasteiger partial charge < -0.3 is 10.2 Å². The van der Waals surface area contributed by atoms with Gasteiger partial charge in [0.15, 0.2) is 0 Å². The van der Waals surface area contributed by atoms with Gasteiger partial charge in [-0.1, -0.05) is 19.1 Å². The van der Waals surface area contributed by atoms with Crippen LogP contribution in [0.1, 0.15) is 51.6 Å². The molecule has 118 valence electrons. The van der Waals surface area contributed by atoms with Gasteiger partial charge in [-0.25, -0.2) is 4.39 Å². The number of piperidine rings is 1. The van der Waals surface area contributed by atoms with Gasteiger partial charge in [0.25, 0.3) is 0 Å². The number of likely N-dealkylation sites (tertiary alicyclic amines) is 1. The van der Waals surface area contributed by atoms with Crippen LogP contribution in [0.2, 0.25) is 0 Å². The molecule has 3 heteroatoms. The highest BCUT2D eigenvalue weighted by Crippen LogP contribution is 2.23. The van der Waals surface area contributed by atoms with Crippen LogP contribution in [0.25, 0.3) is 0 Å². The molecule has 0 bridgehead atoms. The SMILES string of the molecule is CCCN1CCC(C(C)N[C@@H](C)c2ccc(F)cc2)CC1. The molecule has 0 aromatic heterocycles. The number of nitrogens with one attached hydrogen (secondary N) is 1. The minimum atomic E-state index is -0.165. The normalized spacial score (nSPS) is 20.4. The van der Waals surface area contributed by atoms with Gasteiger partial charge >= 0.3 is 0 Å². The third-order valence-corrected chi connectivity index (χ3v) is 4.76. The Morgan fingerprint density at radius 1 is 1.19 bits per heavy atom. The Morgan fingerprint density at radius 2 is 1.81 bits per heavy atom. The van der Waals surface area contributed by atoms with E-state index in [1.165, 1.54) is 38.9 Å². The number of hydrogen-bond donors (Lipinski definition) is 1. The zero-order valence-electron chi connectivity index (χ0n) is 13.6. The smallest absolute Gasteiger partial charge is 0.123 e. The topological polar surface area (TPSA) is 15.3 Å². The minimum Gasteiger partial charge on any atom is -0.307 e. The largest absolute Gasteiger partial charge is 0.307 e. The molecule has 1 aliphatic rings. The average Bonchev–Trinajstić information content (AvgIpc) is 2.49. The first-order valence-electron chi connectivity index (χ1n) is 8.34. The van der Waals surface area contributed by atoms with Crippen LogP contribution in [0, 0.1) is 11.7 Å². The lowest BCUT2D eigenvalue weighted by molar-refractivity contribution is 0.159. The lowest BCUT2D eigenvalue weighted by Gasteiger charge is -2.36. The van der Waals surface area contributed by atoms with Gasteiger partial charge in [0.05, 0.1) is 0 Å². The molecule has 0 radical (unpaired) electrons. The van der Waals surface area contributed by atoms with Crippen molar-refractivity contribution in [3.05, 3.63) is 35.6 Å². The van der Waals surface area contributed by atoms with Gasteiger partial charge in [0.1, 0.15) is 5.82 Å². The summed E-state index contributed by atoms with van der Waals surface area (Å²) in [4.78, 5) is 2.58. The lowest BCUT2D eigenvalue weighted by Crippen LogP contribution is -2.42. The van der Waals surface area contributed by atoms with Gasteiger partial charge in [-0.3, -0.25) is 0 Å². The molecule has 0 aliphatic carbocycles. The van der Waals surface area contributed by atoms with Crippen LogP contribution < -0.4 is 5.32 Å². The summed E-state index contributed by atoms with van der Waals surface area (Å²) in [5.74, 6) is 0.586. The second kappa shape index (κ2) is 7.90. The molecule has 1 fully saturated rings. The predicted molar refractivity (Wildman–Crippen MR) is 86.9 cm³/mol.